The van der Waals surface area contributed by atoms with Crippen LogP contribution in [0.25, 0.3) is 0 Å². The zero-order valence-corrected chi connectivity index (χ0v) is 7.52. The monoisotopic (exact) mass is 178 g/mol. The second-order valence-corrected chi connectivity index (χ2v) is 2.53. The molecule has 4 heteroatoms. The van der Waals surface area contributed by atoms with Gasteiger partial charge in [-0.2, -0.15) is 4.99 Å². The van der Waals surface area contributed by atoms with Gasteiger partial charge in [0.1, 0.15) is 0 Å². The predicted octanol–water partition coefficient (Wildman–Crippen LogP) is 1.49. The number of pyridine rings is 1. The van der Waals surface area contributed by atoms with Crippen molar-refractivity contribution in [3.63, 3.8) is 0 Å². The Balaban J connectivity index is 2.94. The number of methoxy groups -OCH3 is 1. The molecule has 0 saturated carbocycles. The van der Waals surface area contributed by atoms with E-state index in [1.165, 1.54) is 6.08 Å². The lowest BCUT2D eigenvalue weighted by Gasteiger charge is -2.05. The van der Waals surface area contributed by atoms with Crippen molar-refractivity contribution >= 4 is 6.08 Å². The third-order valence-electron chi connectivity index (χ3n) is 1.70. The van der Waals surface area contributed by atoms with Crippen LogP contribution in [0.1, 0.15) is 18.5 Å². The van der Waals surface area contributed by atoms with Crippen LogP contribution < -0.4 is 4.74 Å². The van der Waals surface area contributed by atoms with Gasteiger partial charge < -0.3 is 4.74 Å². The Labute approximate surface area is 76.3 Å². The second kappa shape index (κ2) is 4.38. The van der Waals surface area contributed by atoms with Gasteiger partial charge >= 0.3 is 0 Å². The number of nitrogens with zero attached hydrogens (tertiary/aromatic N) is 2. The number of hydrogen-bond acceptors (Lipinski definition) is 4. The van der Waals surface area contributed by atoms with E-state index in [1.54, 1.807) is 32.4 Å². The maximum Gasteiger partial charge on any atom is 0.235 e. The summed E-state index contributed by atoms with van der Waals surface area (Å²) < 4.78 is 4.93. The lowest BCUT2D eigenvalue weighted by molar-refractivity contribution is 0.397. The maximum atomic E-state index is 10.0. The van der Waals surface area contributed by atoms with E-state index in [2.05, 4.69) is 9.98 Å². The first-order chi connectivity index (χ1) is 6.27. The zero-order chi connectivity index (χ0) is 9.68. The van der Waals surface area contributed by atoms with Gasteiger partial charge in [0.15, 0.2) is 0 Å². The van der Waals surface area contributed by atoms with Crippen LogP contribution in [0.15, 0.2) is 23.3 Å². The summed E-state index contributed by atoms with van der Waals surface area (Å²) in [5.41, 5.74) is 0.884. The minimum atomic E-state index is -0.200. The highest BCUT2D eigenvalue weighted by Crippen LogP contribution is 2.18. The van der Waals surface area contributed by atoms with Crippen molar-refractivity contribution in [3.8, 4) is 5.88 Å². The highest BCUT2D eigenvalue weighted by Gasteiger charge is 2.04. The van der Waals surface area contributed by atoms with Crippen LogP contribution in [0.5, 0.6) is 5.88 Å². The van der Waals surface area contributed by atoms with Gasteiger partial charge in [-0.05, 0) is 18.6 Å². The van der Waals surface area contributed by atoms with Crippen molar-refractivity contribution in [2.75, 3.05) is 7.11 Å². The molecule has 0 fully saturated rings. The van der Waals surface area contributed by atoms with Crippen LogP contribution in [-0.2, 0) is 4.79 Å². The summed E-state index contributed by atoms with van der Waals surface area (Å²) in [5.74, 6) is 0.519. The van der Waals surface area contributed by atoms with Crippen LogP contribution in [0.3, 0.4) is 0 Å². The first-order valence-corrected chi connectivity index (χ1v) is 3.85. The summed E-state index contributed by atoms with van der Waals surface area (Å²) in [4.78, 5) is 17.5. The zero-order valence-electron chi connectivity index (χ0n) is 7.52. The molecule has 68 valence electrons. The maximum absolute atomic E-state index is 10.0. The molecule has 13 heavy (non-hydrogen) atoms. The van der Waals surface area contributed by atoms with Crippen LogP contribution in [0.2, 0.25) is 0 Å². The van der Waals surface area contributed by atoms with Crippen molar-refractivity contribution < 1.29 is 9.53 Å². The molecule has 1 aromatic heterocycles. The molecule has 1 heterocycles. The summed E-state index contributed by atoms with van der Waals surface area (Å²) in [7, 11) is 1.54. The van der Waals surface area contributed by atoms with Gasteiger partial charge in [0.25, 0.3) is 0 Å². The van der Waals surface area contributed by atoms with Crippen molar-refractivity contribution in [1.82, 2.24) is 4.98 Å². The first-order valence-electron chi connectivity index (χ1n) is 3.85. The third-order valence-corrected chi connectivity index (χ3v) is 1.70. The largest absolute Gasteiger partial charge is 0.481 e. The summed E-state index contributed by atoms with van der Waals surface area (Å²) in [5, 5.41) is 0. The van der Waals surface area contributed by atoms with Crippen molar-refractivity contribution in [1.29, 1.82) is 0 Å². The smallest absolute Gasteiger partial charge is 0.235 e. The number of ether oxygens (including phenoxy) is 1. The van der Waals surface area contributed by atoms with Crippen molar-refractivity contribution in [3.05, 3.63) is 23.9 Å². The molecule has 0 aliphatic carbocycles. The fraction of sp³-hybridized carbons (Fsp3) is 0.333. The number of aliphatic imine (C=N–C) groups is 1. The van der Waals surface area contributed by atoms with E-state index in [1.807, 2.05) is 0 Å². The van der Waals surface area contributed by atoms with Gasteiger partial charge in [-0.15, -0.1) is 0 Å². The van der Waals surface area contributed by atoms with E-state index < -0.39 is 0 Å². The first kappa shape index (κ1) is 9.42. The Morgan fingerprint density at radius 2 is 2.46 bits per heavy atom. The Bertz CT molecular complexity index is 332. The summed E-state index contributed by atoms with van der Waals surface area (Å²) in [6.07, 6.45) is 3.13. The quantitative estimate of drug-likeness (QED) is 0.520. The molecule has 0 amide bonds. The van der Waals surface area contributed by atoms with Crippen LogP contribution in [0, 0.1) is 0 Å². The normalized spacial score (nSPS) is 11.5. The van der Waals surface area contributed by atoms with E-state index in [0.29, 0.717) is 5.88 Å². The number of isocyanates is 1. The van der Waals surface area contributed by atoms with Gasteiger partial charge in [0, 0.05) is 12.3 Å². The molecule has 0 bridgehead atoms. The summed E-state index contributed by atoms with van der Waals surface area (Å²) in [6, 6.07) is 3.33. The molecule has 0 N–H and O–H groups in total. The topological polar surface area (TPSA) is 51.5 Å². The molecular weight excluding hydrogens is 168 g/mol. The average Bonchev–Trinajstić information content (AvgIpc) is 2.18. The van der Waals surface area contributed by atoms with Gasteiger partial charge in [-0.1, -0.05) is 0 Å². The lowest BCUT2D eigenvalue weighted by Crippen LogP contribution is -1.92. The average molecular weight is 178 g/mol. The fourth-order valence-electron chi connectivity index (χ4n) is 0.950. The molecule has 1 aromatic rings. The molecule has 4 nitrogen and oxygen atoms in total. The van der Waals surface area contributed by atoms with E-state index in [0.717, 1.165) is 5.56 Å². The number of rotatable bonds is 3. The number of aromatic nitrogens is 1. The van der Waals surface area contributed by atoms with Gasteiger partial charge in [-0.3, -0.25) is 0 Å². The van der Waals surface area contributed by atoms with Gasteiger partial charge in [-0.25, -0.2) is 9.78 Å². The molecule has 0 radical (unpaired) electrons. The standard InChI is InChI=1S/C9H10N2O2/c1-7(11-6-12)8-3-4-10-9(5-8)13-2/h3-5,7H,1-2H3. The highest BCUT2D eigenvalue weighted by molar-refractivity contribution is 5.35. The molecule has 0 aliphatic heterocycles. The molecule has 0 spiro atoms. The highest BCUT2D eigenvalue weighted by atomic mass is 16.5. The third kappa shape index (κ3) is 2.39. The Morgan fingerprint density at radius 1 is 1.69 bits per heavy atom. The molecule has 1 atom stereocenters. The lowest BCUT2D eigenvalue weighted by atomic mass is 10.1. The fourth-order valence-corrected chi connectivity index (χ4v) is 0.950. The van der Waals surface area contributed by atoms with Crippen molar-refractivity contribution in [2.24, 2.45) is 4.99 Å². The van der Waals surface area contributed by atoms with E-state index in [4.69, 9.17) is 4.74 Å². The van der Waals surface area contributed by atoms with Crippen LogP contribution >= 0.6 is 0 Å². The SMILES string of the molecule is COc1cc(C(C)N=C=O)ccn1. The number of carbonyl (C=O) groups excluding carboxylic acids is 1. The Hall–Kier alpha value is -1.67. The number of hydrogen-bond donors (Lipinski definition) is 0. The van der Waals surface area contributed by atoms with Gasteiger partial charge in [0.05, 0.1) is 13.2 Å². The Morgan fingerprint density at radius 3 is 3.08 bits per heavy atom. The van der Waals surface area contributed by atoms with E-state index in [9.17, 15) is 4.79 Å². The minimum Gasteiger partial charge on any atom is -0.481 e. The molecule has 0 saturated heterocycles. The molecule has 1 rings (SSSR count). The van der Waals surface area contributed by atoms with Crippen molar-refractivity contribution in [2.45, 2.75) is 13.0 Å². The second-order valence-electron chi connectivity index (χ2n) is 2.53. The van der Waals surface area contributed by atoms with E-state index in [-0.39, 0.29) is 6.04 Å². The molecule has 0 aliphatic rings. The Kier molecular flexibility index (Phi) is 3.17. The molecule has 1 unspecified atom stereocenters. The minimum absolute atomic E-state index is 0.200. The van der Waals surface area contributed by atoms with E-state index >= 15 is 0 Å². The van der Waals surface area contributed by atoms with Crippen LogP contribution in [-0.4, -0.2) is 18.2 Å². The summed E-state index contributed by atoms with van der Waals surface area (Å²) >= 11 is 0. The summed E-state index contributed by atoms with van der Waals surface area (Å²) in [6.45, 7) is 1.81. The molecule has 0 aromatic carbocycles. The van der Waals surface area contributed by atoms with Crippen LogP contribution in [0.4, 0.5) is 0 Å². The predicted molar refractivity (Wildman–Crippen MR) is 47.3 cm³/mol. The van der Waals surface area contributed by atoms with Gasteiger partial charge in [0.2, 0.25) is 12.0 Å². The molecular formula is C9H10N2O2.